The summed E-state index contributed by atoms with van der Waals surface area (Å²) < 4.78 is 66.2. The Labute approximate surface area is 774 Å². The van der Waals surface area contributed by atoms with Gasteiger partial charge in [0.2, 0.25) is 0 Å². The number of hydrogen-bond donors (Lipinski definition) is 0. The molecule has 0 spiro atoms. The quantitative estimate of drug-likeness (QED) is 0.0370. The predicted molar refractivity (Wildman–Crippen MR) is 518 cm³/mol. The van der Waals surface area contributed by atoms with Crippen LogP contribution in [0.4, 0.5) is 0 Å². The molecule has 0 N–H and O–H groups in total. The van der Waals surface area contributed by atoms with Gasteiger partial charge < -0.3 is 9.11 Å². The molecule has 0 heterocycles. The summed E-state index contributed by atoms with van der Waals surface area (Å²) in [5.74, 6) is 0. The van der Waals surface area contributed by atoms with Crippen LogP contribution in [-0.2, 0) is 33.1 Å². The summed E-state index contributed by atoms with van der Waals surface area (Å²) in [7, 11) is -8.67. The zero-order chi connectivity index (χ0) is 83.4. The minimum atomic E-state index is -4.33. The minimum absolute atomic E-state index is 0. The van der Waals surface area contributed by atoms with Crippen LogP contribution in [-0.4, -0.2) is 74.8 Å². The molecule has 117 heavy (non-hydrogen) atoms. The first-order chi connectivity index (χ1) is 57.1. The maximum Gasteiger partial charge on any atom is 2.00 e. The van der Waals surface area contributed by atoms with Crippen molar-refractivity contribution in [2.75, 3.05) is 0 Å². The second-order valence-electron chi connectivity index (χ2n) is 37.5. The average molecular weight is 1800 g/mol. The van der Waals surface area contributed by atoms with Crippen molar-refractivity contribution in [2.24, 2.45) is 0 Å². The molecule has 6 nitrogen and oxygen atoms in total. The molecule has 0 unspecified atom stereocenters. The molecule has 0 saturated heterocycles. The largest absolute Gasteiger partial charge is 2.00 e. The van der Waals surface area contributed by atoms with Crippen LogP contribution >= 0.6 is 0 Å². The fourth-order valence-corrected chi connectivity index (χ4v) is 18.9. The maximum atomic E-state index is 11.0. The molecule has 0 radical (unpaired) electrons. The number of unbranched alkanes of at least 4 members (excludes halogenated alkanes) is 90. The number of hydrogen-bond acceptors (Lipinski definition) is 6. The number of aryl methyl sites for hydroxylation is 2. The Hall–Kier alpha value is -0.169. The molecule has 0 aliphatic carbocycles. The smallest absolute Gasteiger partial charge is 0.744 e. The molecule has 2 aromatic rings. The maximum absolute atomic E-state index is 11.0. The van der Waals surface area contributed by atoms with Gasteiger partial charge in [-0.05, 0) is 61.1 Å². The first kappa shape index (κ1) is 117. The van der Waals surface area contributed by atoms with Crippen LogP contribution < -0.4 is 0 Å². The molecule has 0 aliphatic rings. The van der Waals surface area contributed by atoms with Gasteiger partial charge in [0.05, 0.1) is 9.79 Å². The van der Waals surface area contributed by atoms with E-state index in [0.717, 1.165) is 36.8 Å². The SMILES string of the molecule is CCCCCCCCCCCCCCCCCCCCCCCCCCCCCCCCCCCCCCCCCCCCCCCCc1ccc(S(=O)(=O)[O-])cc1.CCCCCCCCCCCCCCCCCCCCCCCCCCCCCCCCCCCCCCCCCCCCCCCCc1ccc(S(=O)(=O)[O-])cc1.[Ba+2]. The molecule has 0 fully saturated rings. The van der Waals surface area contributed by atoms with E-state index in [-0.39, 0.29) is 58.7 Å². The van der Waals surface area contributed by atoms with Gasteiger partial charge in [0, 0.05) is 0 Å². The van der Waals surface area contributed by atoms with E-state index in [2.05, 4.69) is 13.8 Å². The molecule has 0 amide bonds. The average Bonchev–Trinajstić information content (AvgIpc) is 0.867. The van der Waals surface area contributed by atoms with Crippen molar-refractivity contribution in [3.8, 4) is 0 Å². The fraction of sp³-hybridized carbons (Fsp3) is 0.889. The Morgan fingerprint density at radius 2 is 0.239 bits per heavy atom. The predicted octanol–water partition coefficient (Wildman–Crippen LogP) is 37.8. The topological polar surface area (TPSA) is 114 Å². The van der Waals surface area contributed by atoms with Crippen LogP contribution in [0.15, 0.2) is 58.3 Å². The van der Waals surface area contributed by atoms with Crippen molar-refractivity contribution in [1.82, 2.24) is 0 Å². The van der Waals surface area contributed by atoms with Crippen molar-refractivity contribution in [3.05, 3.63) is 59.7 Å². The minimum Gasteiger partial charge on any atom is -0.744 e. The zero-order valence-corrected chi connectivity index (χ0v) is 85.1. The summed E-state index contributed by atoms with van der Waals surface area (Å²) in [6.07, 6.45) is 135. The van der Waals surface area contributed by atoms with Crippen LogP contribution in [0, 0.1) is 0 Å². The summed E-state index contributed by atoms with van der Waals surface area (Å²) in [6, 6.07) is 12.8. The molecule has 0 aromatic heterocycles. The Morgan fingerprint density at radius 1 is 0.154 bits per heavy atom. The molecule has 684 valence electrons. The van der Waals surface area contributed by atoms with E-state index < -0.39 is 20.2 Å². The molecule has 0 bridgehead atoms. The number of benzene rings is 2. The summed E-state index contributed by atoms with van der Waals surface area (Å²) in [4.78, 5) is -0.262. The van der Waals surface area contributed by atoms with E-state index in [1.807, 2.05) is 0 Å². The zero-order valence-electron chi connectivity index (χ0n) is 79.1. The Kier molecular flexibility index (Phi) is 96.3. The van der Waals surface area contributed by atoms with Crippen LogP contribution in [0.25, 0.3) is 0 Å². The van der Waals surface area contributed by atoms with Crippen LogP contribution in [0.5, 0.6) is 0 Å². The summed E-state index contributed by atoms with van der Waals surface area (Å²) in [6.45, 7) is 4.62. The normalized spacial score (nSPS) is 11.8. The Morgan fingerprint density at radius 3 is 0.325 bits per heavy atom. The van der Waals surface area contributed by atoms with Crippen molar-refractivity contribution in [1.29, 1.82) is 0 Å². The molecular formula is C108H202BaO6S2. The van der Waals surface area contributed by atoms with Crippen LogP contribution in [0.1, 0.15) is 616 Å². The standard InChI is InChI=1S/2C54H102O3S.Ba/c2*1-2-3-4-5-6-7-8-9-10-11-12-13-14-15-16-17-18-19-20-21-22-23-24-25-26-27-28-29-30-31-32-33-34-35-36-37-38-39-40-41-42-43-44-45-46-47-48-53-49-51-54(52-50-53)58(55,56)57;/h2*49-52H,2-48H2,1H3,(H,55,56,57);/q;;+2/p-2. The third-order valence-corrected chi connectivity index (χ3v) is 27.8. The molecule has 2 rings (SSSR count). The first-order valence-electron chi connectivity index (χ1n) is 53.2. The van der Waals surface area contributed by atoms with Gasteiger partial charge in [0.15, 0.2) is 0 Å². The molecule has 9 heteroatoms. The Bertz CT molecular complexity index is 2250. The first-order valence-corrected chi connectivity index (χ1v) is 56.0. The van der Waals surface area contributed by atoms with E-state index in [1.54, 1.807) is 24.3 Å². The van der Waals surface area contributed by atoms with E-state index >= 15 is 0 Å². The van der Waals surface area contributed by atoms with Gasteiger partial charge >= 0.3 is 48.9 Å². The molecular weight excluding hydrogens is 1590 g/mol. The summed E-state index contributed by atoms with van der Waals surface area (Å²) >= 11 is 0. The van der Waals surface area contributed by atoms with Gasteiger partial charge in [0.25, 0.3) is 0 Å². The van der Waals surface area contributed by atoms with Gasteiger partial charge in [-0.15, -0.1) is 0 Å². The van der Waals surface area contributed by atoms with Crippen molar-refractivity contribution < 1.29 is 25.9 Å². The monoisotopic (exact) mass is 1800 g/mol. The Balaban J connectivity index is 0.00000228. The summed E-state index contributed by atoms with van der Waals surface area (Å²) in [5.41, 5.74) is 2.23. The van der Waals surface area contributed by atoms with E-state index in [4.69, 9.17) is 0 Å². The van der Waals surface area contributed by atoms with E-state index in [0.29, 0.717) is 0 Å². The second kappa shape index (κ2) is 96.5. The van der Waals surface area contributed by atoms with Crippen molar-refractivity contribution in [2.45, 2.75) is 627 Å². The molecule has 0 saturated carbocycles. The summed E-state index contributed by atoms with van der Waals surface area (Å²) in [5, 5.41) is 0. The van der Waals surface area contributed by atoms with Gasteiger partial charge in [-0.2, -0.15) is 0 Å². The van der Waals surface area contributed by atoms with Crippen LogP contribution in [0.3, 0.4) is 0 Å². The van der Waals surface area contributed by atoms with Gasteiger partial charge in [-0.3, -0.25) is 0 Å². The van der Waals surface area contributed by atoms with Crippen molar-refractivity contribution >= 4 is 69.1 Å². The number of rotatable bonds is 96. The van der Waals surface area contributed by atoms with Gasteiger partial charge in [-0.1, -0.05) is 616 Å². The fourth-order valence-electron chi connectivity index (χ4n) is 18.0. The molecule has 2 aromatic carbocycles. The van der Waals surface area contributed by atoms with Crippen LogP contribution in [0.2, 0.25) is 0 Å². The second-order valence-corrected chi connectivity index (χ2v) is 40.3. The van der Waals surface area contributed by atoms with Gasteiger partial charge in [-0.25, -0.2) is 16.8 Å². The van der Waals surface area contributed by atoms with E-state index in [1.165, 1.54) is 602 Å². The third-order valence-electron chi connectivity index (χ3n) is 26.1. The molecule has 0 aliphatic heterocycles. The molecule has 0 atom stereocenters. The van der Waals surface area contributed by atoms with Gasteiger partial charge in [0.1, 0.15) is 20.2 Å². The van der Waals surface area contributed by atoms with Crippen molar-refractivity contribution in [3.63, 3.8) is 0 Å². The third kappa shape index (κ3) is 91.8. The van der Waals surface area contributed by atoms with E-state index in [9.17, 15) is 25.9 Å².